The third-order valence-electron chi connectivity index (χ3n) is 4.66. The van der Waals surface area contributed by atoms with E-state index in [-0.39, 0.29) is 12.5 Å². The second-order valence-electron chi connectivity index (χ2n) is 6.47. The van der Waals surface area contributed by atoms with E-state index < -0.39 is 11.4 Å². The number of hydrogen-bond donors (Lipinski definition) is 1. The molecule has 0 bridgehead atoms. The molecule has 6 heteroatoms. The van der Waals surface area contributed by atoms with Crippen molar-refractivity contribution >= 4 is 11.9 Å². The molecular weight excluding hydrogens is 320 g/mol. The number of carboxylic acid groups (broad SMARTS) is 1. The second-order valence-corrected chi connectivity index (χ2v) is 6.47. The van der Waals surface area contributed by atoms with Crippen LogP contribution in [0.1, 0.15) is 23.7 Å². The Kier molecular flexibility index (Phi) is 4.44. The number of aliphatic carboxylic acids is 1. The van der Waals surface area contributed by atoms with Gasteiger partial charge in [0.15, 0.2) is 0 Å². The Balaban J connectivity index is 1.91. The smallest absolute Gasteiger partial charge is 0.311 e. The molecule has 1 saturated heterocycles. The van der Waals surface area contributed by atoms with Crippen LogP contribution in [0, 0.1) is 5.41 Å². The molecule has 0 aliphatic carbocycles. The number of hydrogen-bond acceptors (Lipinski definition) is 4. The van der Waals surface area contributed by atoms with Crippen molar-refractivity contribution in [2.45, 2.75) is 13.3 Å². The molecule has 2 heterocycles. The van der Waals surface area contributed by atoms with Crippen molar-refractivity contribution in [1.82, 2.24) is 9.88 Å². The van der Waals surface area contributed by atoms with E-state index in [1.165, 1.54) is 0 Å². The Morgan fingerprint density at radius 3 is 2.68 bits per heavy atom. The molecule has 6 nitrogen and oxygen atoms in total. The molecule has 2 aromatic rings. The second kappa shape index (κ2) is 6.55. The van der Waals surface area contributed by atoms with Crippen molar-refractivity contribution in [3.8, 4) is 17.0 Å². The maximum absolute atomic E-state index is 12.8. The maximum atomic E-state index is 12.8. The third-order valence-corrected chi connectivity index (χ3v) is 4.66. The average Bonchev–Trinajstić information content (AvgIpc) is 3.05. The van der Waals surface area contributed by atoms with Gasteiger partial charge < -0.3 is 14.7 Å². The monoisotopic (exact) mass is 340 g/mol. The number of amides is 1. The van der Waals surface area contributed by atoms with Crippen molar-refractivity contribution in [2.24, 2.45) is 5.41 Å². The Hall–Kier alpha value is -2.89. The standard InChI is InChI=1S/C19H20N2O4/c1-19(18(23)24)8-10-21(12-19)17(22)13-6-7-16(25-2)14(11-13)15-5-3-4-9-20-15/h3-7,9,11H,8,10,12H2,1-2H3,(H,23,24). The number of benzene rings is 1. The Labute approximate surface area is 146 Å². The summed E-state index contributed by atoms with van der Waals surface area (Å²) in [6.45, 7) is 2.33. The lowest BCUT2D eigenvalue weighted by Crippen LogP contribution is -2.34. The van der Waals surface area contributed by atoms with Gasteiger partial charge in [-0.25, -0.2) is 0 Å². The van der Waals surface area contributed by atoms with Crippen molar-refractivity contribution < 1.29 is 19.4 Å². The quantitative estimate of drug-likeness (QED) is 0.926. The summed E-state index contributed by atoms with van der Waals surface area (Å²) < 4.78 is 5.38. The van der Waals surface area contributed by atoms with Gasteiger partial charge in [-0.05, 0) is 43.7 Å². The first-order valence-electron chi connectivity index (χ1n) is 8.07. The number of carbonyl (C=O) groups excluding carboxylic acids is 1. The number of nitrogens with zero attached hydrogens (tertiary/aromatic N) is 2. The summed E-state index contributed by atoms with van der Waals surface area (Å²) in [7, 11) is 1.57. The fourth-order valence-electron chi connectivity index (χ4n) is 3.05. The number of rotatable bonds is 4. The molecule has 1 aromatic carbocycles. The molecule has 25 heavy (non-hydrogen) atoms. The minimum atomic E-state index is -0.883. The number of carboxylic acids is 1. The van der Waals surface area contributed by atoms with Crippen LogP contribution in [0.4, 0.5) is 0 Å². The molecule has 1 aliphatic rings. The fraction of sp³-hybridized carbons (Fsp3) is 0.316. The Bertz CT molecular complexity index is 806. The molecule has 0 spiro atoms. The lowest BCUT2D eigenvalue weighted by molar-refractivity contribution is -0.147. The highest BCUT2D eigenvalue weighted by atomic mass is 16.5. The van der Waals surface area contributed by atoms with Gasteiger partial charge >= 0.3 is 5.97 Å². The van der Waals surface area contributed by atoms with E-state index in [4.69, 9.17) is 4.74 Å². The largest absolute Gasteiger partial charge is 0.496 e. The van der Waals surface area contributed by atoms with Crippen LogP contribution in [-0.2, 0) is 4.79 Å². The third kappa shape index (κ3) is 3.20. The van der Waals surface area contributed by atoms with Gasteiger partial charge in [-0.2, -0.15) is 0 Å². The van der Waals surface area contributed by atoms with Gasteiger partial charge in [0.1, 0.15) is 5.75 Å². The first kappa shape index (κ1) is 17.0. The molecule has 1 amide bonds. The number of methoxy groups -OCH3 is 1. The maximum Gasteiger partial charge on any atom is 0.311 e. The number of likely N-dealkylation sites (tertiary alicyclic amines) is 1. The van der Waals surface area contributed by atoms with E-state index in [1.807, 2.05) is 18.2 Å². The SMILES string of the molecule is COc1ccc(C(=O)N2CCC(C)(C(=O)O)C2)cc1-c1ccccn1. The highest BCUT2D eigenvalue weighted by Crippen LogP contribution is 2.33. The van der Waals surface area contributed by atoms with Gasteiger partial charge in [0.05, 0.1) is 18.2 Å². The van der Waals surface area contributed by atoms with Crippen molar-refractivity contribution in [3.63, 3.8) is 0 Å². The summed E-state index contributed by atoms with van der Waals surface area (Å²) in [6, 6.07) is 10.7. The van der Waals surface area contributed by atoms with Crippen molar-refractivity contribution in [2.75, 3.05) is 20.2 Å². The molecule has 130 valence electrons. The molecule has 1 aromatic heterocycles. The van der Waals surface area contributed by atoms with E-state index in [0.29, 0.717) is 30.0 Å². The van der Waals surface area contributed by atoms with Crippen LogP contribution in [0.5, 0.6) is 5.75 Å². The van der Waals surface area contributed by atoms with E-state index in [0.717, 1.165) is 5.56 Å². The molecule has 1 fully saturated rings. The first-order chi connectivity index (χ1) is 11.9. The van der Waals surface area contributed by atoms with E-state index in [1.54, 1.807) is 43.3 Å². The highest BCUT2D eigenvalue weighted by Gasteiger charge is 2.42. The predicted octanol–water partition coefficient (Wildman–Crippen LogP) is 2.69. The van der Waals surface area contributed by atoms with Crippen LogP contribution in [0.2, 0.25) is 0 Å². The first-order valence-corrected chi connectivity index (χ1v) is 8.07. The minimum absolute atomic E-state index is 0.176. The van der Waals surface area contributed by atoms with Crippen LogP contribution in [0.3, 0.4) is 0 Å². The molecule has 1 N–H and O–H groups in total. The van der Waals surface area contributed by atoms with Crippen LogP contribution in [0.15, 0.2) is 42.6 Å². The van der Waals surface area contributed by atoms with Crippen LogP contribution >= 0.6 is 0 Å². The number of pyridine rings is 1. The molecule has 0 radical (unpaired) electrons. The minimum Gasteiger partial charge on any atom is -0.496 e. The fourth-order valence-corrected chi connectivity index (χ4v) is 3.05. The summed E-state index contributed by atoms with van der Waals surface area (Å²) >= 11 is 0. The molecule has 1 aliphatic heterocycles. The Morgan fingerprint density at radius 1 is 1.28 bits per heavy atom. The van der Waals surface area contributed by atoms with Crippen LogP contribution in [-0.4, -0.2) is 47.1 Å². The number of aromatic nitrogens is 1. The highest BCUT2D eigenvalue weighted by molar-refractivity contribution is 5.96. The molecular formula is C19H20N2O4. The summed E-state index contributed by atoms with van der Waals surface area (Å²) in [6.07, 6.45) is 2.14. The lowest BCUT2D eigenvalue weighted by atomic mass is 9.90. The predicted molar refractivity (Wildman–Crippen MR) is 92.5 cm³/mol. The van der Waals surface area contributed by atoms with Crippen LogP contribution in [0.25, 0.3) is 11.3 Å². The Morgan fingerprint density at radius 2 is 2.08 bits per heavy atom. The van der Waals surface area contributed by atoms with Gasteiger partial charge in [0.25, 0.3) is 5.91 Å². The van der Waals surface area contributed by atoms with Gasteiger partial charge in [0, 0.05) is 30.4 Å². The summed E-state index contributed by atoms with van der Waals surface area (Å²) in [5, 5.41) is 9.34. The van der Waals surface area contributed by atoms with E-state index >= 15 is 0 Å². The molecule has 1 unspecified atom stereocenters. The summed E-state index contributed by atoms with van der Waals surface area (Å²) in [5.41, 5.74) is 1.06. The van der Waals surface area contributed by atoms with Gasteiger partial charge in [0.2, 0.25) is 0 Å². The molecule has 1 atom stereocenters. The van der Waals surface area contributed by atoms with E-state index in [2.05, 4.69) is 4.98 Å². The average molecular weight is 340 g/mol. The number of carbonyl (C=O) groups is 2. The number of ether oxygens (including phenoxy) is 1. The van der Waals surface area contributed by atoms with Gasteiger partial charge in [-0.1, -0.05) is 6.07 Å². The topological polar surface area (TPSA) is 79.7 Å². The summed E-state index contributed by atoms with van der Waals surface area (Å²) in [5.74, 6) is -0.413. The lowest BCUT2D eigenvalue weighted by Gasteiger charge is -2.20. The van der Waals surface area contributed by atoms with E-state index in [9.17, 15) is 14.7 Å². The summed E-state index contributed by atoms with van der Waals surface area (Å²) in [4.78, 5) is 30.1. The van der Waals surface area contributed by atoms with Crippen molar-refractivity contribution in [1.29, 1.82) is 0 Å². The molecule has 0 saturated carbocycles. The van der Waals surface area contributed by atoms with Crippen LogP contribution < -0.4 is 4.74 Å². The zero-order chi connectivity index (χ0) is 18.0. The zero-order valence-corrected chi connectivity index (χ0v) is 14.2. The van der Waals surface area contributed by atoms with Crippen molar-refractivity contribution in [3.05, 3.63) is 48.2 Å². The normalized spacial score (nSPS) is 19.7. The van der Waals surface area contributed by atoms with Gasteiger partial charge in [-0.3, -0.25) is 14.6 Å². The zero-order valence-electron chi connectivity index (χ0n) is 14.2. The molecule has 3 rings (SSSR count). The van der Waals surface area contributed by atoms with Gasteiger partial charge in [-0.15, -0.1) is 0 Å².